The Bertz CT molecular complexity index is 1170. The number of nitrogens with one attached hydrogen (secondary N) is 2. The number of hydrogen-bond donors (Lipinski definition) is 2. The summed E-state index contributed by atoms with van der Waals surface area (Å²) in [4.78, 5) is 41.9. The van der Waals surface area contributed by atoms with Crippen LogP contribution in [0.15, 0.2) is 53.3 Å². The summed E-state index contributed by atoms with van der Waals surface area (Å²) in [6.07, 6.45) is 4.54. The zero-order valence-electron chi connectivity index (χ0n) is 17.8. The third kappa shape index (κ3) is 5.14. The van der Waals surface area contributed by atoms with Crippen molar-refractivity contribution in [3.05, 3.63) is 70.3 Å². The molecule has 1 aliphatic rings. The lowest BCUT2D eigenvalue weighted by Crippen LogP contribution is -2.41. The highest BCUT2D eigenvalue weighted by Crippen LogP contribution is 2.16. The van der Waals surface area contributed by atoms with Gasteiger partial charge in [0.2, 0.25) is 5.91 Å². The molecule has 0 saturated heterocycles. The lowest BCUT2D eigenvalue weighted by atomic mass is 10.1. The summed E-state index contributed by atoms with van der Waals surface area (Å²) < 4.78 is 7.29. The SMILES string of the molecule is O=C(CCCOc1ccccc1)NNC(=O)c1ccc2c(=O)n3c(nc2c1)CCCCC3. The maximum atomic E-state index is 12.8. The van der Waals surface area contributed by atoms with E-state index in [-0.39, 0.29) is 17.9 Å². The summed E-state index contributed by atoms with van der Waals surface area (Å²) in [6, 6.07) is 14.2. The number of aryl methyl sites for hydroxylation is 1. The van der Waals surface area contributed by atoms with Crippen LogP contribution in [0.1, 0.15) is 48.3 Å². The minimum Gasteiger partial charge on any atom is -0.494 e. The standard InChI is InChI=1S/C24H26N4O4/c29-22(11-7-15-32-18-8-3-1-4-9-18)26-27-23(30)17-12-13-19-20(16-17)25-21-10-5-2-6-14-28(21)24(19)31/h1,3-4,8-9,12-13,16H,2,5-7,10-11,14-15H2,(H,26,29)(H,27,30). The van der Waals surface area contributed by atoms with Crippen LogP contribution in [0.3, 0.4) is 0 Å². The zero-order chi connectivity index (χ0) is 22.3. The second kappa shape index (κ2) is 10.1. The first-order chi connectivity index (χ1) is 15.6. The summed E-state index contributed by atoms with van der Waals surface area (Å²) in [7, 11) is 0. The molecule has 0 aliphatic carbocycles. The van der Waals surface area contributed by atoms with Gasteiger partial charge in [0, 0.05) is 24.9 Å². The van der Waals surface area contributed by atoms with Crippen LogP contribution in [0, 0.1) is 0 Å². The second-order valence-corrected chi connectivity index (χ2v) is 7.79. The van der Waals surface area contributed by atoms with Crippen molar-refractivity contribution >= 4 is 22.7 Å². The minimum atomic E-state index is -0.461. The molecule has 2 N–H and O–H groups in total. The number of carbonyl (C=O) groups excluding carboxylic acids is 2. The molecule has 0 saturated carbocycles. The molecule has 32 heavy (non-hydrogen) atoms. The third-order valence-corrected chi connectivity index (χ3v) is 5.45. The molecule has 166 valence electrons. The number of nitrogens with zero attached hydrogens (tertiary/aromatic N) is 2. The number of rotatable bonds is 6. The summed E-state index contributed by atoms with van der Waals surface area (Å²) in [6.45, 7) is 1.09. The fraction of sp³-hybridized carbons (Fsp3) is 0.333. The van der Waals surface area contributed by atoms with Crippen LogP contribution < -0.4 is 21.1 Å². The van der Waals surface area contributed by atoms with Gasteiger partial charge in [-0.1, -0.05) is 24.6 Å². The van der Waals surface area contributed by atoms with Crippen LogP contribution >= 0.6 is 0 Å². The number of hydrazine groups is 1. The van der Waals surface area contributed by atoms with Crippen molar-refractivity contribution in [2.75, 3.05) is 6.61 Å². The smallest absolute Gasteiger partial charge is 0.269 e. The summed E-state index contributed by atoms with van der Waals surface area (Å²) in [5, 5.41) is 0.495. The number of ether oxygens (including phenoxy) is 1. The quantitative estimate of drug-likeness (QED) is 0.459. The van der Waals surface area contributed by atoms with Crippen molar-refractivity contribution in [3.63, 3.8) is 0 Å². The number of aromatic nitrogens is 2. The molecular formula is C24H26N4O4. The molecule has 0 radical (unpaired) electrons. The molecule has 2 amide bonds. The highest BCUT2D eigenvalue weighted by molar-refractivity contribution is 5.98. The fourth-order valence-corrected chi connectivity index (χ4v) is 3.76. The number of fused-ring (bicyclic) bond motifs is 2. The van der Waals surface area contributed by atoms with Gasteiger partial charge < -0.3 is 4.74 Å². The molecule has 2 heterocycles. The van der Waals surface area contributed by atoms with Crippen LogP contribution in [0.2, 0.25) is 0 Å². The Morgan fingerprint density at radius 2 is 1.88 bits per heavy atom. The Morgan fingerprint density at radius 3 is 2.72 bits per heavy atom. The first kappa shape index (κ1) is 21.5. The predicted molar refractivity (Wildman–Crippen MR) is 120 cm³/mol. The van der Waals surface area contributed by atoms with Gasteiger partial charge in [-0.3, -0.25) is 29.8 Å². The topological polar surface area (TPSA) is 102 Å². The van der Waals surface area contributed by atoms with E-state index in [0.717, 1.165) is 37.3 Å². The number of amides is 2. The van der Waals surface area contributed by atoms with E-state index >= 15 is 0 Å². The van der Waals surface area contributed by atoms with Gasteiger partial charge in [-0.25, -0.2) is 4.98 Å². The number of carbonyl (C=O) groups is 2. The molecule has 2 aromatic carbocycles. The average Bonchev–Trinajstić information content (AvgIpc) is 3.06. The van der Waals surface area contributed by atoms with Crippen molar-refractivity contribution in [1.29, 1.82) is 0 Å². The molecule has 4 rings (SSSR count). The van der Waals surface area contributed by atoms with E-state index in [1.165, 1.54) is 0 Å². The van der Waals surface area contributed by atoms with E-state index in [1.54, 1.807) is 22.8 Å². The van der Waals surface area contributed by atoms with E-state index in [9.17, 15) is 14.4 Å². The largest absolute Gasteiger partial charge is 0.494 e. The van der Waals surface area contributed by atoms with E-state index in [4.69, 9.17) is 4.74 Å². The highest BCUT2D eigenvalue weighted by Gasteiger charge is 2.15. The number of hydrogen-bond acceptors (Lipinski definition) is 5. The lowest BCUT2D eigenvalue weighted by molar-refractivity contribution is -0.122. The highest BCUT2D eigenvalue weighted by atomic mass is 16.5. The molecule has 8 nitrogen and oxygen atoms in total. The molecule has 3 aromatic rings. The second-order valence-electron chi connectivity index (χ2n) is 7.79. The first-order valence-corrected chi connectivity index (χ1v) is 10.9. The Balaban J connectivity index is 1.32. The summed E-state index contributed by atoms with van der Waals surface area (Å²) in [5.74, 6) is 0.751. The normalized spacial score (nSPS) is 13.1. The van der Waals surface area contributed by atoms with Crippen molar-refractivity contribution in [3.8, 4) is 5.75 Å². The summed E-state index contributed by atoms with van der Waals surface area (Å²) >= 11 is 0. The monoisotopic (exact) mass is 434 g/mol. The molecular weight excluding hydrogens is 408 g/mol. The van der Waals surface area contributed by atoms with Gasteiger partial charge in [-0.2, -0.15) is 0 Å². The van der Waals surface area contributed by atoms with Crippen molar-refractivity contribution in [2.24, 2.45) is 0 Å². The van der Waals surface area contributed by atoms with E-state index in [1.807, 2.05) is 30.3 Å². The van der Waals surface area contributed by atoms with Gasteiger partial charge in [0.25, 0.3) is 11.5 Å². The van der Waals surface area contributed by atoms with Crippen LogP contribution in [-0.4, -0.2) is 28.0 Å². The molecule has 8 heteroatoms. The van der Waals surface area contributed by atoms with Crippen LogP contribution in [0.5, 0.6) is 5.75 Å². The molecule has 0 fully saturated rings. The summed E-state index contributed by atoms with van der Waals surface area (Å²) in [5.41, 5.74) is 5.60. The van der Waals surface area contributed by atoms with Crippen molar-refractivity contribution < 1.29 is 14.3 Å². The van der Waals surface area contributed by atoms with Crippen LogP contribution in [-0.2, 0) is 17.8 Å². The average molecular weight is 434 g/mol. The Kier molecular flexibility index (Phi) is 6.79. The van der Waals surface area contributed by atoms with Crippen molar-refractivity contribution in [1.82, 2.24) is 20.4 Å². The van der Waals surface area contributed by atoms with Gasteiger partial charge in [-0.05, 0) is 49.6 Å². The molecule has 0 unspecified atom stereocenters. The van der Waals surface area contributed by atoms with Crippen LogP contribution in [0.25, 0.3) is 10.9 Å². The maximum absolute atomic E-state index is 12.8. The molecule has 1 aliphatic heterocycles. The number of para-hydroxylation sites is 1. The molecule has 0 bridgehead atoms. The zero-order valence-corrected chi connectivity index (χ0v) is 17.8. The van der Waals surface area contributed by atoms with E-state index in [0.29, 0.717) is 36.0 Å². The minimum absolute atomic E-state index is 0.0649. The fourth-order valence-electron chi connectivity index (χ4n) is 3.76. The molecule has 0 spiro atoms. The third-order valence-electron chi connectivity index (χ3n) is 5.45. The Labute approximate surface area is 185 Å². The van der Waals surface area contributed by atoms with Gasteiger partial charge in [0.15, 0.2) is 0 Å². The van der Waals surface area contributed by atoms with Gasteiger partial charge >= 0.3 is 0 Å². The first-order valence-electron chi connectivity index (χ1n) is 10.9. The Hall–Kier alpha value is -3.68. The molecule has 0 atom stereocenters. The van der Waals surface area contributed by atoms with Gasteiger partial charge in [0.1, 0.15) is 11.6 Å². The van der Waals surface area contributed by atoms with Gasteiger partial charge in [-0.15, -0.1) is 0 Å². The van der Waals surface area contributed by atoms with E-state index in [2.05, 4.69) is 15.8 Å². The number of benzene rings is 2. The predicted octanol–water partition coefficient (Wildman–Crippen LogP) is 2.74. The van der Waals surface area contributed by atoms with Gasteiger partial charge in [0.05, 0.1) is 17.5 Å². The Morgan fingerprint density at radius 1 is 1.03 bits per heavy atom. The van der Waals surface area contributed by atoms with Crippen molar-refractivity contribution in [2.45, 2.75) is 45.1 Å². The lowest BCUT2D eigenvalue weighted by Gasteiger charge is -2.11. The maximum Gasteiger partial charge on any atom is 0.269 e. The van der Waals surface area contributed by atoms with Crippen LogP contribution in [0.4, 0.5) is 0 Å². The molecule has 1 aromatic heterocycles. The van der Waals surface area contributed by atoms with E-state index < -0.39 is 5.91 Å².